The van der Waals surface area contributed by atoms with Gasteiger partial charge in [0.1, 0.15) is 11.5 Å². The highest BCUT2D eigenvalue weighted by molar-refractivity contribution is 7.95. The zero-order chi connectivity index (χ0) is 25.5. The van der Waals surface area contributed by atoms with E-state index in [1.165, 1.54) is 35.2 Å². The van der Waals surface area contributed by atoms with Crippen molar-refractivity contribution >= 4 is 30.4 Å². The van der Waals surface area contributed by atoms with E-state index >= 15 is 8.78 Å². The zero-order valence-electron chi connectivity index (χ0n) is 20.6. The SMILES string of the molecule is C=Nc1c(N(CCC2CCCCC2)SF)cc(F)c(-c2ccc(-c3ccc(CNC)cc3)cc2)c1F. The molecule has 0 bridgehead atoms. The van der Waals surface area contributed by atoms with Crippen LogP contribution < -0.4 is 9.62 Å². The Kier molecular flexibility index (Phi) is 9.10. The van der Waals surface area contributed by atoms with Crippen LogP contribution in [0.1, 0.15) is 44.1 Å². The molecule has 4 rings (SSSR count). The Morgan fingerprint density at radius 1 is 0.972 bits per heavy atom. The van der Waals surface area contributed by atoms with Gasteiger partial charge in [0.15, 0.2) is 18.2 Å². The van der Waals surface area contributed by atoms with Crippen molar-refractivity contribution < 1.29 is 12.7 Å². The second kappa shape index (κ2) is 12.5. The molecule has 3 aromatic rings. The minimum absolute atomic E-state index is 0.0280. The molecule has 0 aromatic heterocycles. The molecule has 0 spiro atoms. The van der Waals surface area contributed by atoms with Gasteiger partial charge in [-0.3, -0.25) is 9.30 Å². The van der Waals surface area contributed by atoms with E-state index in [1.807, 2.05) is 43.4 Å². The fraction of sp³-hybridized carbons (Fsp3) is 0.345. The van der Waals surface area contributed by atoms with E-state index in [9.17, 15) is 3.89 Å². The van der Waals surface area contributed by atoms with E-state index in [2.05, 4.69) is 17.0 Å². The lowest BCUT2D eigenvalue weighted by atomic mass is 9.87. The molecule has 1 fully saturated rings. The second-order valence-electron chi connectivity index (χ2n) is 9.34. The van der Waals surface area contributed by atoms with Crippen molar-refractivity contribution in [1.29, 1.82) is 0 Å². The standard InChI is InChI=1S/C29H32F3N3S/c1-33-19-21-8-10-22(11-9-21)23-12-14-24(15-13-23)27-25(30)18-26(29(34-2)28(27)31)35(36-32)17-16-20-6-4-3-5-7-20/h8-15,18,20,33H,2-7,16-17,19H2,1H3. The molecule has 0 unspecified atom stereocenters. The lowest BCUT2D eigenvalue weighted by Gasteiger charge is -2.26. The number of nitrogens with zero attached hydrogens (tertiary/aromatic N) is 2. The molecule has 1 aliphatic rings. The second-order valence-corrected chi connectivity index (χ2v) is 9.92. The first-order valence-corrected chi connectivity index (χ1v) is 13.1. The van der Waals surface area contributed by atoms with Gasteiger partial charge in [-0.1, -0.05) is 80.6 Å². The summed E-state index contributed by atoms with van der Waals surface area (Å²) in [7, 11) is 1.90. The Morgan fingerprint density at radius 2 is 1.58 bits per heavy atom. The number of aliphatic imine (C=N–C) groups is 1. The molecule has 0 saturated heterocycles. The van der Waals surface area contributed by atoms with Crippen molar-refractivity contribution in [3.05, 3.63) is 71.8 Å². The number of hydrogen-bond donors (Lipinski definition) is 1. The van der Waals surface area contributed by atoms with Crippen molar-refractivity contribution in [1.82, 2.24) is 5.32 Å². The van der Waals surface area contributed by atoms with Gasteiger partial charge in [0, 0.05) is 19.2 Å². The quantitative estimate of drug-likeness (QED) is 0.218. The van der Waals surface area contributed by atoms with Gasteiger partial charge in [0.05, 0.1) is 11.3 Å². The van der Waals surface area contributed by atoms with E-state index in [4.69, 9.17) is 0 Å². The van der Waals surface area contributed by atoms with Gasteiger partial charge in [-0.15, -0.1) is 3.89 Å². The Bertz CT molecular complexity index is 1160. The summed E-state index contributed by atoms with van der Waals surface area (Å²) < 4.78 is 46.0. The molecule has 0 aliphatic heterocycles. The van der Waals surface area contributed by atoms with Crippen LogP contribution in [0.2, 0.25) is 0 Å². The first-order valence-electron chi connectivity index (χ1n) is 12.4. The Morgan fingerprint density at radius 3 is 2.17 bits per heavy atom. The van der Waals surface area contributed by atoms with E-state index in [-0.39, 0.29) is 29.3 Å². The molecule has 190 valence electrons. The first-order chi connectivity index (χ1) is 17.5. The highest BCUT2D eigenvalue weighted by atomic mass is 32.2. The summed E-state index contributed by atoms with van der Waals surface area (Å²) in [5.74, 6) is -1.07. The molecule has 3 aromatic carbocycles. The Balaban J connectivity index is 1.58. The average molecular weight is 512 g/mol. The maximum absolute atomic E-state index is 15.6. The van der Waals surface area contributed by atoms with Gasteiger partial charge < -0.3 is 5.32 Å². The fourth-order valence-electron chi connectivity index (χ4n) is 5.02. The van der Waals surface area contributed by atoms with Crippen LogP contribution in [-0.4, -0.2) is 20.3 Å². The summed E-state index contributed by atoms with van der Waals surface area (Å²) in [6.45, 7) is 4.62. The molecule has 0 amide bonds. The molecule has 0 atom stereocenters. The lowest BCUT2D eigenvalue weighted by molar-refractivity contribution is 0.343. The zero-order valence-corrected chi connectivity index (χ0v) is 21.4. The Hall–Kier alpha value is -2.77. The van der Waals surface area contributed by atoms with Crippen molar-refractivity contribution in [2.45, 2.75) is 45.1 Å². The summed E-state index contributed by atoms with van der Waals surface area (Å²) in [5, 5.41) is 3.12. The molecule has 36 heavy (non-hydrogen) atoms. The van der Waals surface area contributed by atoms with Crippen LogP contribution in [-0.2, 0) is 6.54 Å². The molecule has 1 N–H and O–H groups in total. The predicted octanol–water partition coefficient (Wildman–Crippen LogP) is 8.66. The van der Waals surface area contributed by atoms with Crippen LogP contribution in [0, 0.1) is 17.6 Å². The van der Waals surface area contributed by atoms with E-state index in [0.717, 1.165) is 36.9 Å². The monoisotopic (exact) mass is 511 g/mol. The summed E-state index contributed by atoms with van der Waals surface area (Å²) in [5.41, 5.74) is 3.27. The number of halogens is 3. The number of benzene rings is 3. The molecule has 3 nitrogen and oxygen atoms in total. The van der Waals surface area contributed by atoms with Gasteiger partial charge in [0.2, 0.25) is 0 Å². The van der Waals surface area contributed by atoms with Crippen LogP contribution in [0.15, 0.2) is 59.6 Å². The highest BCUT2D eigenvalue weighted by Gasteiger charge is 2.24. The largest absolute Gasteiger partial charge is 0.316 e. The number of hydrogen-bond acceptors (Lipinski definition) is 4. The number of nitrogens with one attached hydrogen (secondary N) is 1. The minimum Gasteiger partial charge on any atom is -0.316 e. The minimum atomic E-state index is -0.833. The molecular weight excluding hydrogens is 479 g/mol. The smallest absolute Gasteiger partial charge is 0.165 e. The van der Waals surface area contributed by atoms with Gasteiger partial charge in [-0.05, 0) is 48.4 Å². The number of anilines is 1. The third-order valence-electron chi connectivity index (χ3n) is 6.99. The topological polar surface area (TPSA) is 27.6 Å². The predicted molar refractivity (Wildman–Crippen MR) is 146 cm³/mol. The maximum Gasteiger partial charge on any atom is 0.165 e. The van der Waals surface area contributed by atoms with Crippen LogP contribution in [0.4, 0.5) is 24.0 Å². The van der Waals surface area contributed by atoms with E-state index in [0.29, 0.717) is 18.0 Å². The van der Waals surface area contributed by atoms with E-state index < -0.39 is 11.6 Å². The third-order valence-corrected chi connectivity index (χ3v) is 7.54. The van der Waals surface area contributed by atoms with Crippen LogP contribution in [0.3, 0.4) is 0 Å². The normalized spacial score (nSPS) is 14.1. The molecule has 7 heteroatoms. The highest BCUT2D eigenvalue weighted by Crippen LogP contribution is 2.42. The van der Waals surface area contributed by atoms with Gasteiger partial charge >= 0.3 is 0 Å². The molecular formula is C29H32F3N3S. The summed E-state index contributed by atoms with van der Waals surface area (Å²) >= 11 is -0.0280. The summed E-state index contributed by atoms with van der Waals surface area (Å²) in [4.78, 5) is 3.83. The van der Waals surface area contributed by atoms with Crippen molar-refractivity contribution in [3.8, 4) is 22.3 Å². The molecule has 1 saturated carbocycles. The van der Waals surface area contributed by atoms with Gasteiger partial charge in [0.25, 0.3) is 0 Å². The average Bonchev–Trinajstić information content (AvgIpc) is 2.91. The molecule has 0 heterocycles. The summed E-state index contributed by atoms with van der Waals surface area (Å²) in [6.07, 6.45) is 6.63. The van der Waals surface area contributed by atoms with Crippen LogP contribution in [0.5, 0.6) is 0 Å². The Labute approximate surface area is 216 Å². The lowest BCUT2D eigenvalue weighted by Crippen LogP contribution is -2.19. The van der Waals surface area contributed by atoms with Gasteiger partial charge in [-0.25, -0.2) is 8.78 Å². The van der Waals surface area contributed by atoms with Gasteiger partial charge in [-0.2, -0.15) is 0 Å². The molecule has 0 radical (unpaired) electrons. The van der Waals surface area contributed by atoms with Crippen LogP contribution in [0.25, 0.3) is 22.3 Å². The van der Waals surface area contributed by atoms with Crippen molar-refractivity contribution in [2.75, 3.05) is 17.9 Å². The fourth-order valence-corrected chi connectivity index (χ4v) is 5.41. The number of rotatable bonds is 10. The van der Waals surface area contributed by atoms with Crippen molar-refractivity contribution in [2.24, 2.45) is 10.9 Å². The van der Waals surface area contributed by atoms with E-state index in [1.54, 1.807) is 12.1 Å². The van der Waals surface area contributed by atoms with Crippen LogP contribution >= 0.6 is 12.3 Å². The first kappa shape index (κ1) is 26.3. The summed E-state index contributed by atoms with van der Waals surface area (Å²) in [6, 6.07) is 16.4. The van der Waals surface area contributed by atoms with Crippen molar-refractivity contribution in [3.63, 3.8) is 0 Å². The maximum atomic E-state index is 15.6. The third kappa shape index (κ3) is 5.95. The molecule has 1 aliphatic carbocycles.